The van der Waals surface area contributed by atoms with Gasteiger partial charge in [0.05, 0.1) is 0 Å². The van der Waals surface area contributed by atoms with Gasteiger partial charge in [0.25, 0.3) is 5.91 Å². The summed E-state index contributed by atoms with van der Waals surface area (Å²) in [6.45, 7) is 1.80. The van der Waals surface area contributed by atoms with Crippen LogP contribution in [0.1, 0.15) is 24.5 Å². The van der Waals surface area contributed by atoms with Gasteiger partial charge in [-0.05, 0) is 42.2 Å². The minimum absolute atomic E-state index is 0.236. The van der Waals surface area contributed by atoms with Crippen molar-refractivity contribution in [2.24, 2.45) is 0 Å². The largest absolute Gasteiger partial charge is 0.456 e. The maximum Gasteiger partial charge on any atom is 0.306 e. The number of fused-ring (bicyclic) bond motifs is 1. The Morgan fingerprint density at radius 1 is 1.08 bits per heavy atom. The standard InChI is InChI=1S/C21H22N2O3/c1-2-15-7-10-17(11-8-15)23-20(24)14-26-21(25)12-9-16-13-22-19-6-4-3-5-18(16)19/h3-8,10-11,13,22H,2,9,12,14H2,1H3,(H,23,24). The van der Waals surface area contributed by atoms with Crippen LogP contribution in [0.15, 0.2) is 54.7 Å². The fraction of sp³-hybridized carbons (Fsp3) is 0.238. The Labute approximate surface area is 152 Å². The van der Waals surface area contributed by atoms with Crippen LogP contribution in [0.3, 0.4) is 0 Å². The molecule has 0 saturated carbocycles. The molecule has 5 heteroatoms. The predicted octanol–water partition coefficient (Wildman–Crippen LogP) is 3.84. The summed E-state index contributed by atoms with van der Waals surface area (Å²) in [5.74, 6) is -0.721. The van der Waals surface area contributed by atoms with Crippen LogP contribution in [-0.4, -0.2) is 23.5 Å². The number of carbonyl (C=O) groups is 2. The molecule has 1 amide bonds. The molecule has 0 aliphatic carbocycles. The molecule has 0 aliphatic heterocycles. The van der Waals surface area contributed by atoms with Gasteiger partial charge in [0.1, 0.15) is 0 Å². The maximum absolute atomic E-state index is 11.9. The van der Waals surface area contributed by atoms with Crippen molar-refractivity contribution < 1.29 is 14.3 Å². The van der Waals surface area contributed by atoms with E-state index in [9.17, 15) is 9.59 Å². The molecule has 5 nitrogen and oxygen atoms in total. The van der Waals surface area contributed by atoms with Crippen LogP contribution in [0.4, 0.5) is 5.69 Å². The zero-order valence-corrected chi connectivity index (χ0v) is 14.7. The minimum Gasteiger partial charge on any atom is -0.456 e. The summed E-state index contributed by atoms with van der Waals surface area (Å²) in [5.41, 5.74) is 4.01. The highest BCUT2D eigenvalue weighted by atomic mass is 16.5. The van der Waals surface area contributed by atoms with Crippen molar-refractivity contribution in [3.8, 4) is 0 Å². The van der Waals surface area contributed by atoms with Gasteiger partial charge in [-0.15, -0.1) is 0 Å². The number of H-pyrrole nitrogens is 1. The van der Waals surface area contributed by atoms with Gasteiger partial charge >= 0.3 is 5.97 Å². The number of hydrogen-bond acceptors (Lipinski definition) is 3. The fourth-order valence-corrected chi connectivity index (χ4v) is 2.81. The molecule has 3 aromatic rings. The van der Waals surface area contributed by atoms with Crippen molar-refractivity contribution in [1.82, 2.24) is 4.98 Å². The van der Waals surface area contributed by atoms with E-state index in [1.807, 2.05) is 54.7 Å². The normalized spacial score (nSPS) is 10.7. The summed E-state index contributed by atoms with van der Waals surface area (Å²) in [6.07, 6.45) is 3.66. The van der Waals surface area contributed by atoms with Crippen LogP contribution < -0.4 is 5.32 Å². The summed E-state index contributed by atoms with van der Waals surface area (Å²) >= 11 is 0. The van der Waals surface area contributed by atoms with Crippen LogP contribution >= 0.6 is 0 Å². The third kappa shape index (κ3) is 4.51. The zero-order valence-electron chi connectivity index (χ0n) is 14.7. The van der Waals surface area contributed by atoms with Crippen molar-refractivity contribution in [2.75, 3.05) is 11.9 Å². The van der Waals surface area contributed by atoms with Gasteiger partial charge < -0.3 is 15.0 Å². The number of amides is 1. The lowest BCUT2D eigenvalue weighted by Gasteiger charge is -2.07. The van der Waals surface area contributed by atoms with Crippen molar-refractivity contribution >= 4 is 28.5 Å². The lowest BCUT2D eigenvalue weighted by atomic mass is 10.1. The molecule has 0 atom stereocenters. The second-order valence-electron chi connectivity index (χ2n) is 6.12. The Morgan fingerprint density at radius 3 is 2.62 bits per heavy atom. The maximum atomic E-state index is 11.9. The van der Waals surface area contributed by atoms with Gasteiger partial charge in [-0.1, -0.05) is 37.3 Å². The van der Waals surface area contributed by atoms with Crippen LogP contribution in [0.2, 0.25) is 0 Å². The van der Waals surface area contributed by atoms with Gasteiger partial charge in [0, 0.05) is 29.2 Å². The average molecular weight is 350 g/mol. The van der Waals surface area contributed by atoms with Crippen molar-refractivity contribution in [3.05, 3.63) is 65.9 Å². The first-order valence-electron chi connectivity index (χ1n) is 8.75. The number of ether oxygens (including phenoxy) is 1. The third-order valence-corrected chi connectivity index (χ3v) is 4.28. The highest BCUT2D eigenvalue weighted by Crippen LogP contribution is 2.19. The number of para-hydroxylation sites is 1. The summed E-state index contributed by atoms with van der Waals surface area (Å²) in [4.78, 5) is 27.0. The number of esters is 1. The molecule has 2 N–H and O–H groups in total. The van der Waals surface area contributed by atoms with E-state index in [0.717, 1.165) is 22.9 Å². The first-order valence-corrected chi connectivity index (χ1v) is 8.75. The molecule has 26 heavy (non-hydrogen) atoms. The van der Waals surface area contributed by atoms with E-state index in [0.29, 0.717) is 12.1 Å². The molecule has 0 saturated heterocycles. The van der Waals surface area contributed by atoms with Crippen molar-refractivity contribution in [3.63, 3.8) is 0 Å². The quantitative estimate of drug-likeness (QED) is 0.636. The third-order valence-electron chi connectivity index (χ3n) is 4.28. The first kappa shape index (κ1) is 17.7. The van der Waals surface area contributed by atoms with Gasteiger partial charge in [0.15, 0.2) is 6.61 Å². The molecule has 0 unspecified atom stereocenters. The summed E-state index contributed by atoms with van der Waals surface area (Å²) < 4.78 is 5.07. The number of aromatic amines is 1. The molecule has 0 fully saturated rings. The van der Waals surface area contributed by atoms with E-state index in [4.69, 9.17) is 4.74 Å². The number of aryl methyl sites for hydroxylation is 2. The van der Waals surface area contributed by atoms with Crippen LogP contribution in [-0.2, 0) is 27.2 Å². The van der Waals surface area contributed by atoms with E-state index in [2.05, 4.69) is 17.2 Å². The fourth-order valence-electron chi connectivity index (χ4n) is 2.81. The van der Waals surface area contributed by atoms with Gasteiger partial charge in [-0.3, -0.25) is 9.59 Å². The molecule has 0 radical (unpaired) electrons. The summed E-state index contributed by atoms with van der Waals surface area (Å²) in [7, 11) is 0. The molecule has 1 aromatic heterocycles. The first-order chi connectivity index (χ1) is 12.7. The lowest BCUT2D eigenvalue weighted by molar-refractivity contribution is -0.147. The van der Waals surface area contributed by atoms with E-state index in [1.165, 1.54) is 5.56 Å². The molecule has 3 rings (SSSR count). The van der Waals surface area contributed by atoms with Gasteiger partial charge in [-0.25, -0.2) is 0 Å². The van der Waals surface area contributed by atoms with E-state index in [1.54, 1.807) is 0 Å². The topological polar surface area (TPSA) is 71.2 Å². The highest BCUT2D eigenvalue weighted by molar-refractivity contribution is 5.92. The number of aromatic nitrogens is 1. The molecular formula is C21H22N2O3. The Balaban J connectivity index is 1.44. The minimum atomic E-state index is -0.383. The van der Waals surface area contributed by atoms with Crippen LogP contribution in [0.25, 0.3) is 10.9 Å². The van der Waals surface area contributed by atoms with Gasteiger partial charge in [-0.2, -0.15) is 0 Å². The monoisotopic (exact) mass is 350 g/mol. The molecular weight excluding hydrogens is 328 g/mol. The highest BCUT2D eigenvalue weighted by Gasteiger charge is 2.10. The number of nitrogens with one attached hydrogen (secondary N) is 2. The van der Waals surface area contributed by atoms with E-state index >= 15 is 0 Å². The SMILES string of the molecule is CCc1ccc(NC(=O)COC(=O)CCc2c[nH]c3ccccc23)cc1. The predicted molar refractivity (Wildman–Crippen MR) is 102 cm³/mol. The van der Waals surface area contributed by atoms with Gasteiger partial charge in [0.2, 0.25) is 0 Å². The second-order valence-corrected chi connectivity index (χ2v) is 6.12. The van der Waals surface area contributed by atoms with Crippen LogP contribution in [0.5, 0.6) is 0 Å². The molecule has 0 aliphatic rings. The number of benzene rings is 2. The number of rotatable bonds is 7. The molecule has 2 aromatic carbocycles. The number of hydrogen-bond donors (Lipinski definition) is 2. The average Bonchev–Trinajstić information content (AvgIpc) is 3.08. The second kappa shape index (κ2) is 8.34. The molecule has 1 heterocycles. The number of carbonyl (C=O) groups excluding carboxylic acids is 2. The van der Waals surface area contributed by atoms with Crippen LogP contribution in [0, 0.1) is 0 Å². The Kier molecular flexibility index (Phi) is 5.69. The Bertz CT molecular complexity index is 897. The van der Waals surface area contributed by atoms with Crippen molar-refractivity contribution in [2.45, 2.75) is 26.2 Å². The Hall–Kier alpha value is -3.08. The summed E-state index contributed by atoms with van der Waals surface area (Å²) in [5, 5.41) is 3.83. The number of anilines is 1. The Morgan fingerprint density at radius 2 is 1.85 bits per heavy atom. The summed E-state index contributed by atoms with van der Waals surface area (Å²) in [6, 6.07) is 15.6. The molecule has 0 bridgehead atoms. The van der Waals surface area contributed by atoms with E-state index < -0.39 is 0 Å². The smallest absolute Gasteiger partial charge is 0.306 e. The zero-order chi connectivity index (χ0) is 18.4. The lowest BCUT2D eigenvalue weighted by Crippen LogP contribution is -2.21. The molecule has 134 valence electrons. The molecule has 0 spiro atoms. The van der Waals surface area contributed by atoms with E-state index in [-0.39, 0.29) is 24.9 Å². The van der Waals surface area contributed by atoms with Crippen molar-refractivity contribution in [1.29, 1.82) is 0 Å².